The maximum atomic E-state index is 6.38. The highest BCUT2D eigenvalue weighted by molar-refractivity contribution is 6.31. The molecular formula is C13H19Cl2N5. The Morgan fingerprint density at radius 3 is 2.65 bits per heavy atom. The third-order valence-electron chi connectivity index (χ3n) is 3.24. The Morgan fingerprint density at radius 1 is 1.30 bits per heavy atom. The van der Waals surface area contributed by atoms with Crippen LogP contribution in [0.3, 0.4) is 0 Å². The van der Waals surface area contributed by atoms with Crippen LogP contribution < -0.4 is 0 Å². The summed E-state index contributed by atoms with van der Waals surface area (Å²) in [4.78, 5) is 0. The molecule has 110 valence electrons. The lowest BCUT2D eigenvalue weighted by molar-refractivity contribution is 0.564. The fourth-order valence-corrected chi connectivity index (χ4v) is 2.49. The largest absolute Gasteiger partial charge is 0.266 e. The van der Waals surface area contributed by atoms with Crippen molar-refractivity contribution in [2.24, 2.45) is 0 Å². The molecule has 5 nitrogen and oxygen atoms in total. The monoisotopic (exact) mass is 315 g/mol. The van der Waals surface area contributed by atoms with Gasteiger partial charge in [0.15, 0.2) is 0 Å². The number of aromatic nitrogens is 5. The lowest BCUT2D eigenvalue weighted by Gasteiger charge is -2.05. The molecule has 0 amide bonds. The van der Waals surface area contributed by atoms with E-state index in [1.807, 2.05) is 31.6 Å². The van der Waals surface area contributed by atoms with Crippen molar-refractivity contribution in [2.75, 3.05) is 0 Å². The van der Waals surface area contributed by atoms with Crippen LogP contribution in [0.15, 0.2) is 6.20 Å². The van der Waals surface area contributed by atoms with Gasteiger partial charge in [-0.3, -0.25) is 4.68 Å². The van der Waals surface area contributed by atoms with Gasteiger partial charge in [0.25, 0.3) is 0 Å². The number of hydrogen-bond donors (Lipinski definition) is 0. The molecule has 0 aliphatic carbocycles. The zero-order valence-corrected chi connectivity index (χ0v) is 13.5. The number of rotatable bonds is 6. The molecule has 1 atom stereocenters. The molecule has 0 saturated heterocycles. The molecule has 7 heteroatoms. The predicted molar refractivity (Wildman–Crippen MR) is 80.3 cm³/mol. The first kappa shape index (κ1) is 15.3. The van der Waals surface area contributed by atoms with Gasteiger partial charge in [0.05, 0.1) is 34.5 Å². The van der Waals surface area contributed by atoms with Gasteiger partial charge in [-0.05, 0) is 19.8 Å². The minimum atomic E-state index is -0.0958. The van der Waals surface area contributed by atoms with Crippen molar-refractivity contribution in [3.63, 3.8) is 0 Å². The number of hydrogen-bond acceptors (Lipinski definition) is 3. The summed E-state index contributed by atoms with van der Waals surface area (Å²) >= 11 is 12.5. The Bertz CT molecular complexity index is 575. The number of nitrogens with zero attached hydrogens (tertiary/aromatic N) is 5. The average Bonchev–Trinajstić information content (AvgIpc) is 3.04. The smallest absolute Gasteiger partial charge is 0.101 e. The summed E-state index contributed by atoms with van der Waals surface area (Å²) in [5.74, 6) is 0. The van der Waals surface area contributed by atoms with Gasteiger partial charge in [-0.2, -0.15) is 5.10 Å². The molecule has 2 aromatic rings. The van der Waals surface area contributed by atoms with Crippen molar-refractivity contribution in [1.29, 1.82) is 0 Å². The first-order valence-corrected chi connectivity index (χ1v) is 7.70. The van der Waals surface area contributed by atoms with Gasteiger partial charge < -0.3 is 0 Å². The van der Waals surface area contributed by atoms with E-state index in [4.69, 9.17) is 23.2 Å². The van der Waals surface area contributed by atoms with Crippen molar-refractivity contribution in [3.8, 4) is 0 Å². The Labute approximate surface area is 128 Å². The molecule has 0 radical (unpaired) electrons. The number of halogens is 2. The summed E-state index contributed by atoms with van der Waals surface area (Å²) in [7, 11) is 0. The Morgan fingerprint density at radius 2 is 2.05 bits per heavy atom. The van der Waals surface area contributed by atoms with Crippen LogP contribution in [-0.4, -0.2) is 24.8 Å². The quantitative estimate of drug-likeness (QED) is 0.767. The highest BCUT2D eigenvalue weighted by Gasteiger charge is 2.16. The highest BCUT2D eigenvalue weighted by Crippen LogP contribution is 2.24. The fraction of sp³-hybridized carbons (Fsp3) is 0.615. The Balaban J connectivity index is 2.25. The van der Waals surface area contributed by atoms with Crippen LogP contribution >= 0.6 is 23.2 Å². The first-order valence-electron chi connectivity index (χ1n) is 6.88. The van der Waals surface area contributed by atoms with Gasteiger partial charge in [-0.25, -0.2) is 4.68 Å². The van der Waals surface area contributed by atoms with E-state index in [2.05, 4.69) is 15.4 Å². The molecule has 1 unspecified atom stereocenters. The van der Waals surface area contributed by atoms with E-state index in [9.17, 15) is 0 Å². The standard InChI is InChI=1S/C13H19Cl2N5/c1-4-9(14)11-7-19(18-16-11)8-12-13(15)10(5-2)17-20(12)6-3/h7,9H,4-6,8H2,1-3H3. The van der Waals surface area contributed by atoms with Crippen LogP contribution in [0, 0.1) is 0 Å². The van der Waals surface area contributed by atoms with Crippen molar-refractivity contribution in [3.05, 3.63) is 28.3 Å². The van der Waals surface area contributed by atoms with Crippen LogP contribution in [0.1, 0.15) is 49.7 Å². The first-order chi connectivity index (χ1) is 9.60. The molecule has 0 fully saturated rings. The second kappa shape index (κ2) is 6.59. The molecule has 0 N–H and O–H groups in total. The molecule has 0 spiro atoms. The maximum Gasteiger partial charge on any atom is 0.101 e. The van der Waals surface area contributed by atoms with E-state index in [-0.39, 0.29) is 5.38 Å². The van der Waals surface area contributed by atoms with Crippen molar-refractivity contribution >= 4 is 23.2 Å². The number of alkyl halides is 1. The molecule has 2 rings (SSSR count). The van der Waals surface area contributed by atoms with Gasteiger partial charge in [-0.15, -0.1) is 16.7 Å². The zero-order valence-electron chi connectivity index (χ0n) is 12.0. The van der Waals surface area contributed by atoms with Gasteiger partial charge in [0.2, 0.25) is 0 Å². The third-order valence-corrected chi connectivity index (χ3v) is 4.21. The van der Waals surface area contributed by atoms with Gasteiger partial charge >= 0.3 is 0 Å². The molecule has 2 heterocycles. The van der Waals surface area contributed by atoms with E-state index in [1.54, 1.807) is 4.68 Å². The summed E-state index contributed by atoms with van der Waals surface area (Å²) < 4.78 is 3.68. The van der Waals surface area contributed by atoms with E-state index in [1.165, 1.54) is 0 Å². The third kappa shape index (κ3) is 2.99. The van der Waals surface area contributed by atoms with Gasteiger partial charge in [0, 0.05) is 6.54 Å². The van der Waals surface area contributed by atoms with Crippen LogP contribution in [0.4, 0.5) is 0 Å². The molecule has 20 heavy (non-hydrogen) atoms. The second-order valence-corrected chi connectivity index (χ2v) is 5.50. The van der Waals surface area contributed by atoms with Crippen LogP contribution in [0.25, 0.3) is 0 Å². The second-order valence-electron chi connectivity index (χ2n) is 4.59. The summed E-state index contributed by atoms with van der Waals surface area (Å²) in [6.07, 6.45) is 3.52. The van der Waals surface area contributed by atoms with E-state index >= 15 is 0 Å². The topological polar surface area (TPSA) is 48.5 Å². The lowest BCUT2D eigenvalue weighted by Crippen LogP contribution is -2.08. The summed E-state index contributed by atoms with van der Waals surface area (Å²) in [6, 6.07) is 0. The fourth-order valence-electron chi connectivity index (χ4n) is 2.07. The predicted octanol–water partition coefficient (Wildman–Crippen LogP) is 3.45. The van der Waals surface area contributed by atoms with E-state index in [0.717, 1.165) is 41.5 Å². The minimum Gasteiger partial charge on any atom is -0.266 e. The van der Waals surface area contributed by atoms with Crippen LogP contribution in [0.5, 0.6) is 0 Å². The van der Waals surface area contributed by atoms with E-state index < -0.39 is 0 Å². The Kier molecular flexibility index (Phi) is 5.05. The molecule has 0 aliphatic heterocycles. The summed E-state index contributed by atoms with van der Waals surface area (Å²) in [6.45, 7) is 7.45. The SMILES string of the molecule is CCc1nn(CC)c(Cn2cc(C(Cl)CC)nn2)c1Cl. The van der Waals surface area contributed by atoms with Crippen molar-refractivity contribution in [2.45, 2.75) is 52.1 Å². The van der Waals surface area contributed by atoms with Gasteiger partial charge in [-0.1, -0.05) is 30.7 Å². The maximum absolute atomic E-state index is 6.38. The van der Waals surface area contributed by atoms with Crippen LogP contribution in [0.2, 0.25) is 5.02 Å². The Hall–Kier alpha value is -1.07. The van der Waals surface area contributed by atoms with Crippen molar-refractivity contribution < 1.29 is 0 Å². The molecule has 0 saturated carbocycles. The van der Waals surface area contributed by atoms with E-state index in [0.29, 0.717) is 6.54 Å². The number of aryl methyl sites for hydroxylation is 2. The average molecular weight is 316 g/mol. The minimum absolute atomic E-state index is 0.0958. The van der Waals surface area contributed by atoms with Crippen LogP contribution in [-0.2, 0) is 19.5 Å². The molecule has 2 aromatic heterocycles. The molecule has 0 bridgehead atoms. The van der Waals surface area contributed by atoms with Gasteiger partial charge in [0.1, 0.15) is 5.69 Å². The highest BCUT2D eigenvalue weighted by atomic mass is 35.5. The van der Waals surface area contributed by atoms with Crippen molar-refractivity contribution in [1.82, 2.24) is 24.8 Å². The summed E-state index contributed by atoms with van der Waals surface area (Å²) in [5, 5.41) is 13.3. The zero-order chi connectivity index (χ0) is 14.7. The summed E-state index contributed by atoms with van der Waals surface area (Å²) in [5.41, 5.74) is 2.68. The lowest BCUT2D eigenvalue weighted by atomic mass is 10.2. The molecule has 0 aromatic carbocycles. The molecule has 0 aliphatic rings. The normalized spacial score (nSPS) is 12.8. The molecular weight excluding hydrogens is 297 g/mol.